The van der Waals surface area contributed by atoms with Gasteiger partial charge in [0.25, 0.3) is 0 Å². The van der Waals surface area contributed by atoms with Crippen LogP contribution in [-0.4, -0.2) is 16.2 Å². The van der Waals surface area contributed by atoms with Gasteiger partial charge in [-0.25, -0.2) is 0 Å². The minimum absolute atomic E-state index is 0.0224. The summed E-state index contributed by atoms with van der Waals surface area (Å²) in [6, 6.07) is 16.2. The lowest BCUT2D eigenvalue weighted by Crippen LogP contribution is -2.29. The summed E-state index contributed by atoms with van der Waals surface area (Å²) in [5.74, 6) is 0.855. The van der Waals surface area contributed by atoms with Gasteiger partial charge in [-0.1, -0.05) is 6.07 Å². The average molecular weight is 474 g/mol. The molecule has 2 atom stereocenters. The molecule has 3 aromatic rings. The molecule has 7 heteroatoms. The third-order valence-corrected chi connectivity index (χ3v) is 6.54. The highest BCUT2D eigenvalue weighted by Crippen LogP contribution is 2.44. The quantitative estimate of drug-likeness (QED) is 0.468. The van der Waals surface area contributed by atoms with Crippen LogP contribution in [0.3, 0.4) is 0 Å². The molecule has 0 aliphatic carbocycles. The summed E-state index contributed by atoms with van der Waals surface area (Å²) in [7, 11) is 0. The normalized spacial score (nSPS) is 19.1. The van der Waals surface area contributed by atoms with Crippen molar-refractivity contribution in [3.63, 3.8) is 0 Å². The zero-order chi connectivity index (χ0) is 19.7. The molecule has 4 rings (SSSR count). The van der Waals surface area contributed by atoms with Crippen molar-refractivity contribution in [3.8, 4) is 5.75 Å². The minimum atomic E-state index is -0.0224. The largest absolute Gasteiger partial charge is 0.491 e. The average Bonchev–Trinajstić information content (AvgIpc) is 3.26. The predicted octanol–water partition coefficient (Wildman–Crippen LogP) is 5.87. The van der Waals surface area contributed by atoms with Gasteiger partial charge in [0.05, 0.1) is 23.9 Å². The highest BCUT2D eigenvalue weighted by atomic mass is 79.9. The van der Waals surface area contributed by atoms with Crippen molar-refractivity contribution >= 4 is 50.3 Å². The standard InChI is InChI=1S/C21H20BrN3OS2/c1-13(2)26-16-8-6-15(7-9-16)25-20(18-11-14(22)12-28-18)19(24-21(25)27)17-5-3-4-10-23-17/h3-13,19-20H,1-2H3,(H,24,27)/t19-,20-/m0/s1. The first-order chi connectivity index (χ1) is 13.5. The van der Waals surface area contributed by atoms with Crippen molar-refractivity contribution in [1.29, 1.82) is 0 Å². The molecule has 1 aliphatic heterocycles. The summed E-state index contributed by atoms with van der Waals surface area (Å²) in [6.07, 6.45) is 1.97. The Morgan fingerprint density at radius 3 is 2.61 bits per heavy atom. The molecule has 0 saturated carbocycles. The molecule has 1 aromatic carbocycles. The summed E-state index contributed by atoms with van der Waals surface area (Å²) in [5, 5.41) is 6.28. The molecule has 0 spiro atoms. The Labute approximate surface area is 182 Å². The Morgan fingerprint density at radius 1 is 1.21 bits per heavy atom. The molecular formula is C21H20BrN3OS2. The second-order valence-corrected chi connectivity index (χ2v) is 9.07. The van der Waals surface area contributed by atoms with E-state index in [4.69, 9.17) is 17.0 Å². The van der Waals surface area contributed by atoms with Crippen molar-refractivity contribution in [3.05, 3.63) is 75.2 Å². The molecule has 0 bridgehead atoms. The second-order valence-electron chi connectivity index (χ2n) is 6.82. The number of thiocarbonyl (C=S) groups is 1. The van der Waals surface area contributed by atoms with Gasteiger partial charge < -0.3 is 15.0 Å². The number of rotatable bonds is 5. The van der Waals surface area contributed by atoms with Crippen molar-refractivity contribution in [1.82, 2.24) is 10.3 Å². The van der Waals surface area contributed by atoms with Gasteiger partial charge in [-0.2, -0.15) is 0 Å². The number of pyridine rings is 1. The third-order valence-electron chi connectivity index (χ3n) is 4.46. The lowest BCUT2D eigenvalue weighted by molar-refractivity contribution is 0.242. The van der Waals surface area contributed by atoms with E-state index in [1.54, 1.807) is 11.3 Å². The zero-order valence-corrected chi connectivity index (χ0v) is 18.7. The topological polar surface area (TPSA) is 37.4 Å². The van der Waals surface area contributed by atoms with Crippen molar-refractivity contribution < 1.29 is 4.74 Å². The maximum Gasteiger partial charge on any atom is 0.174 e. The first-order valence-corrected chi connectivity index (χ1v) is 11.1. The number of thiophene rings is 1. The van der Waals surface area contributed by atoms with Gasteiger partial charge in [-0.3, -0.25) is 4.98 Å². The first-order valence-electron chi connectivity index (χ1n) is 9.04. The van der Waals surface area contributed by atoms with E-state index in [2.05, 4.69) is 54.7 Å². The fourth-order valence-electron chi connectivity index (χ4n) is 3.36. The van der Waals surface area contributed by atoms with Crippen LogP contribution in [0.25, 0.3) is 0 Å². The first kappa shape index (κ1) is 19.4. The Morgan fingerprint density at radius 2 is 2.00 bits per heavy atom. The Kier molecular flexibility index (Phi) is 5.66. The molecule has 0 radical (unpaired) electrons. The molecule has 2 aromatic heterocycles. The van der Waals surface area contributed by atoms with Crippen LogP contribution in [0.2, 0.25) is 0 Å². The van der Waals surface area contributed by atoms with E-state index in [9.17, 15) is 0 Å². The molecule has 1 fully saturated rings. The molecule has 1 N–H and O–H groups in total. The molecular weight excluding hydrogens is 454 g/mol. The minimum Gasteiger partial charge on any atom is -0.491 e. The number of aromatic nitrogens is 1. The Balaban J connectivity index is 1.73. The lowest BCUT2D eigenvalue weighted by Gasteiger charge is -2.27. The summed E-state index contributed by atoms with van der Waals surface area (Å²) in [6.45, 7) is 4.05. The Bertz CT molecular complexity index is 959. The monoisotopic (exact) mass is 473 g/mol. The maximum atomic E-state index is 5.78. The van der Waals surface area contributed by atoms with E-state index in [1.165, 1.54) is 4.88 Å². The molecule has 0 unspecified atom stereocenters. The highest BCUT2D eigenvalue weighted by molar-refractivity contribution is 9.10. The van der Waals surface area contributed by atoms with Gasteiger partial charge in [0.1, 0.15) is 5.75 Å². The zero-order valence-electron chi connectivity index (χ0n) is 15.5. The summed E-state index contributed by atoms with van der Waals surface area (Å²) < 4.78 is 6.86. The van der Waals surface area contributed by atoms with Crippen LogP contribution in [0.1, 0.15) is 36.5 Å². The SMILES string of the molecule is CC(C)Oc1ccc(N2C(=S)N[C@@H](c3ccccn3)[C@@H]2c2cc(Br)cs2)cc1. The van der Waals surface area contributed by atoms with E-state index in [-0.39, 0.29) is 18.2 Å². The number of nitrogens with zero attached hydrogens (tertiary/aromatic N) is 2. The molecule has 1 aliphatic rings. The van der Waals surface area contributed by atoms with Crippen molar-refractivity contribution in [2.45, 2.75) is 32.0 Å². The van der Waals surface area contributed by atoms with Crippen LogP contribution in [0.4, 0.5) is 5.69 Å². The molecule has 28 heavy (non-hydrogen) atoms. The highest BCUT2D eigenvalue weighted by Gasteiger charge is 2.41. The van der Waals surface area contributed by atoms with Gasteiger partial charge in [0.15, 0.2) is 5.11 Å². The van der Waals surface area contributed by atoms with E-state index < -0.39 is 0 Å². The predicted molar refractivity (Wildman–Crippen MR) is 122 cm³/mol. The number of anilines is 1. The molecule has 0 amide bonds. The number of hydrogen-bond acceptors (Lipinski definition) is 4. The van der Waals surface area contributed by atoms with Crippen LogP contribution >= 0.6 is 39.5 Å². The third kappa shape index (κ3) is 3.92. The summed E-state index contributed by atoms with van der Waals surface area (Å²) >= 11 is 11.0. The van der Waals surface area contributed by atoms with E-state index >= 15 is 0 Å². The number of benzene rings is 1. The van der Waals surface area contributed by atoms with Gasteiger partial charge in [0.2, 0.25) is 0 Å². The number of halogens is 1. The smallest absolute Gasteiger partial charge is 0.174 e. The fourth-order valence-corrected chi connectivity index (χ4v) is 5.28. The van der Waals surface area contributed by atoms with E-state index in [0.717, 1.165) is 21.6 Å². The van der Waals surface area contributed by atoms with Crippen LogP contribution < -0.4 is 15.0 Å². The van der Waals surface area contributed by atoms with Crippen LogP contribution in [-0.2, 0) is 0 Å². The van der Waals surface area contributed by atoms with Crippen LogP contribution in [0, 0.1) is 0 Å². The van der Waals surface area contributed by atoms with Crippen LogP contribution in [0.5, 0.6) is 5.75 Å². The van der Waals surface area contributed by atoms with Gasteiger partial charge in [-0.15, -0.1) is 11.3 Å². The van der Waals surface area contributed by atoms with Crippen molar-refractivity contribution in [2.75, 3.05) is 4.90 Å². The van der Waals surface area contributed by atoms with Crippen molar-refractivity contribution in [2.24, 2.45) is 0 Å². The fraction of sp³-hybridized carbons (Fsp3) is 0.238. The van der Waals surface area contributed by atoms with E-state index in [1.807, 2.05) is 50.4 Å². The molecule has 3 heterocycles. The van der Waals surface area contributed by atoms with Gasteiger partial charge in [-0.05, 0) is 84.5 Å². The van der Waals surface area contributed by atoms with Gasteiger partial charge >= 0.3 is 0 Å². The summed E-state index contributed by atoms with van der Waals surface area (Å²) in [5.41, 5.74) is 2.00. The molecule has 144 valence electrons. The second kappa shape index (κ2) is 8.19. The number of nitrogens with one attached hydrogen (secondary N) is 1. The maximum absolute atomic E-state index is 5.78. The summed E-state index contributed by atoms with van der Waals surface area (Å²) in [4.78, 5) is 7.97. The number of hydrogen-bond donors (Lipinski definition) is 1. The Hall–Kier alpha value is -1.96. The lowest BCUT2D eigenvalue weighted by atomic mass is 10.0. The molecule has 4 nitrogen and oxygen atoms in total. The molecule has 1 saturated heterocycles. The van der Waals surface area contributed by atoms with Crippen LogP contribution in [0.15, 0.2) is 64.6 Å². The van der Waals surface area contributed by atoms with Gasteiger partial charge in [0, 0.05) is 26.6 Å². The van der Waals surface area contributed by atoms with E-state index in [0.29, 0.717) is 5.11 Å². The number of ether oxygens (including phenoxy) is 1.